The maximum absolute atomic E-state index is 9.78. The molecule has 0 saturated carbocycles. The highest BCUT2D eigenvalue weighted by Gasteiger charge is 2.09. The predicted molar refractivity (Wildman–Crippen MR) is 108 cm³/mol. The summed E-state index contributed by atoms with van der Waals surface area (Å²) >= 11 is 6.42. The summed E-state index contributed by atoms with van der Waals surface area (Å²) in [4.78, 5) is 0. The van der Waals surface area contributed by atoms with Crippen molar-refractivity contribution < 1.29 is 14.9 Å². The number of aromatic hydroxyl groups is 1. The van der Waals surface area contributed by atoms with Crippen LogP contribution in [-0.2, 0) is 6.42 Å². The Bertz CT molecular complexity index is 621. The van der Waals surface area contributed by atoms with Gasteiger partial charge in [-0.15, -0.1) is 0 Å². The summed E-state index contributed by atoms with van der Waals surface area (Å²) in [5.74, 6) is 1.79. The van der Waals surface area contributed by atoms with Gasteiger partial charge in [0, 0.05) is 6.61 Å². The summed E-state index contributed by atoms with van der Waals surface area (Å²) in [7, 11) is 0. The molecular formula is C15H13I3O3. The lowest BCUT2D eigenvalue weighted by Crippen LogP contribution is -1.93. The number of benzene rings is 2. The fourth-order valence-electron chi connectivity index (χ4n) is 1.79. The van der Waals surface area contributed by atoms with Crippen molar-refractivity contribution in [1.82, 2.24) is 0 Å². The van der Waals surface area contributed by atoms with E-state index in [2.05, 4.69) is 73.8 Å². The number of aliphatic hydroxyl groups is 1. The van der Waals surface area contributed by atoms with E-state index in [0.29, 0.717) is 5.75 Å². The monoisotopic (exact) mass is 622 g/mol. The third-order valence-corrected chi connectivity index (χ3v) is 5.33. The van der Waals surface area contributed by atoms with Gasteiger partial charge in [-0.3, -0.25) is 0 Å². The van der Waals surface area contributed by atoms with Crippen molar-refractivity contribution >= 4 is 67.8 Å². The molecule has 0 bridgehead atoms. The maximum atomic E-state index is 9.78. The normalized spacial score (nSPS) is 10.7. The zero-order valence-electron chi connectivity index (χ0n) is 10.9. The van der Waals surface area contributed by atoms with Gasteiger partial charge in [0.25, 0.3) is 0 Å². The van der Waals surface area contributed by atoms with Crippen LogP contribution in [-0.4, -0.2) is 16.8 Å². The smallest absolute Gasteiger partial charge is 0.142 e. The number of phenols is 1. The Morgan fingerprint density at radius 1 is 0.952 bits per heavy atom. The van der Waals surface area contributed by atoms with Crippen molar-refractivity contribution in [2.24, 2.45) is 0 Å². The molecule has 0 saturated heterocycles. The van der Waals surface area contributed by atoms with E-state index in [1.807, 2.05) is 24.3 Å². The first-order valence-corrected chi connectivity index (χ1v) is 9.50. The Kier molecular flexibility index (Phi) is 6.81. The highest BCUT2D eigenvalue weighted by Crippen LogP contribution is 2.34. The summed E-state index contributed by atoms with van der Waals surface area (Å²) in [5, 5.41) is 18.7. The summed E-state index contributed by atoms with van der Waals surface area (Å²) in [6.07, 6.45) is 1.63. The number of aliphatic hydroxyl groups excluding tert-OH is 1. The zero-order valence-corrected chi connectivity index (χ0v) is 17.4. The Morgan fingerprint density at radius 3 is 2.19 bits per heavy atom. The van der Waals surface area contributed by atoms with Crippen molar-refractivity contribution in [2.45, 2.75) is 12.8 Å². The van der Waals surface area contributed by atoms with E-state index >= 15 is 0 Å². The Balaban J connectivity index is 2.20. The van der Waals surface area contributed by atoms with E-state index < -0.39 is 0 Å². The predicted octanol–water partition coefficient (Wildman–Crippen LogP) is 4.92. The number of phenolic OH excluding ortho intramolecular Hbond substituents is 1. The number of halogens is 3. The highest BCUT2D eigenvalue weighted by molar-refractivity contribution is 14.1. The van der Waals surface area contributed by atoms with Crippen molar-refractivity contribution in [3.8, 4) is 17.2 Å². The van der Waals surface area contributed by atoms with Gasteiger partial charge in [-0.1, -0.05) is 6.07 Å². The van der Waals surface area contributed by atoms with Crippen molar-refractivity contribution in [1.29, 1.82) is 0 Å². The molecule has 112 valence electrons. The van der Waals surface area contributed by atoms with Crippen LogP contribution in [0.1, 0.15) is 12.0 Å². The quantitative estimate of drug-likeness (QED) is 0.466. The minimum Gasteiger partial charge on any atom is -0.506 e. The van der Waals surface area contributed by atoms with Crippen molar-refractivity contribution in [3.05, 3.63) is 46.6 Å². The van der Waals surface area contributed by atoms with Gasteiger partial charge in [-0.05, 0) is 110 Å². The standard InChI is InChI=1S/C15H13I3O3/c16-11-6-9(2-1-5-19)3-4-14(11)21-10-7-12(17)15(20)13(18)8-10/h3-4,6-8,19-20H,1-2,5H2. The number of rotatable bonds is 5. The van der Waals surface area contributed by atoms with E-state index in [1.165, 1.54) is 5.56 Å². The van der Waals surface area contributed by atoms with Crippen LogP contribution in [0.2, 0.25) is 0 Å². The topological polar surface area (TPSA) is 49.7 Å². The van der Waals surface area contributed by atoms with Crippen molar-refractivity contribution in [2.75, 3.05) is 6.61 Å². The number of ether oxygens (including phenoxy) is 1. The van der Waals surface area contributed by atoms with Gasteiger partial charge in [0.15, 0.2) is 0 Å². The van der Waals surface area contributed by atoms with Crippen molar-refractivity contribution in [3.63, 3.8) is 0 Å². The molecule has 0 spiro atoms. The molecular weight excluding hydrogens is 609 g/mol. The molecule has 6 heteroatoms. The zero-order chi connectivity index (χ0) is 15.4. The lowest BCUT2D eigenvalue weighted by Gasteiger charge is -2.11. The Hall–Kier alpha value is 0.190. The largest absolute Gasteiger partial charge is 0.506 e. The molecule has 2 aromatic rings. The third-order valence-electron chi connectivity index (χ3n) is 2.84. The van der Waals surface area contributed by atoms with Crippen LogP contribution in [0.4, 0.5) is 0 Å². The van der Waals surface area contributed by atoms with Gasteiger partial charge >= 0.3 is 0 Å². The lowest BCUT2D eigenvalue weighted by molar-refractivity contribution is 0.288. The lowest BCUT2D eigenvalue weighted by atomic mass is 10.1. The van der Waals surface area contributed by atoms with Crippen LogP contribution in [0.15, 0.2) is 30.3 Å². The van der Waals surface area contributed by atoms with E-state index in [-0.39, 0.29) is 12.4 Å². The van der Waals surface area contributed by atoms with Crippen LogP contribution in [0.3, 0.4) is 0 Å². The second kappa shape index (κ2) is 8.16. The first-order chi connectivity index (χ1) is 10.0. The van der Waals surface area contributed by atoms with E-state index in [0.717, 1.165) is 29.3 Å². The van der Waals surface area contributed by atoms with Gasteiger partial charge in [0.2, 0.25) is 0 Å². The molecule has 0 fully saturated rings. The van der Waals surface area contributed by atoms with Gasteiger partial charge < -0.3 is 14.9 Å². The van der Waals surface area contributed by atoms with Crippen LogP contribution in [0.5, 0.6) is 17.2 Å². The van der Waals surface area contributed by atoms with Gasteiger partial charge in [0.1, 0.15) is 17.2 Å². The second-order valence-corrected chi connectivity index (χ2v) is 7.92. The number of hydrogen-bond donors (Lipinski definition) is 2. The molecule has 2 N–H and O–H groups in total. The van der Waals surface area contributed by atoms with Gasteiger partial charge in [-0.2, -0.15) is 0 Å². The fourth-order valence-corrected chi connectivity index (χ4v) is 4.19. The molecule has 0 radical (unpaired) electrons. The maximum Gasteiger partial charge on any atom is 0.142 e. The Labute approximate surface area is 164 Å². The van der Waals surface area contributed by atoms with Crippen LogP contribution >= 0.6 is 67.8 Å². The molecule has 3 nitrogen and oxygen atoms in total. The fraction of sp³-hybridized carbons (Fsp3) is 0.200. The molecule has 0 aliphatic rings. The highest BCUT2D eigenvalue weighted by atomic mass is 127. The molecule has 0 aromatic heterocycles. The second-order valence-electron chi connectivity index (χ2n) is 4.43. The van der Waals surface area contributed by atoms with Crippen LogP contribution in [0.25, 0.3) is 0 Å². The molecule has 0 heterocycles. The van der Waals surface area contributed by atoms with E-state index in [1.54, 1.807) is 0 Å². The van der Waals surface area contributed by atoms with E-state index in [9.17, 15) is 5.11 Å². The Morgan fingerprint density at radius 2 is 1.62 bits per heavy atom. The number of aryl methyl sites for hydroxylation is 1. The minimum absolute atomic E-state index is 0.208. The van der Waals surface area contributed by atoms with Gasteiger partial charge in [0.05, 0.1) is 10.7 Å². The van der Waals surface area contributed by atoms with Crippen LogP contribution in [0, 0.1) is 10.7 Å². The molecule has 2 aromatic carbocycles. The molecule has 0 aliphatic heterocycles. The molecule has 0 amide bonds. The van der Waals surface area contributed by atoms with Gasteiger partial charge in [-0.25, -0.2) is 0 Å². The summed E-state index contributed by atoms with van der Waals surface area (Å²) in [6.45, 7) is 0.208. The SMILES string of the molecule is OCCCc1ccc(Oc2cc(I)c(O)c(I)c2)c(I)c1. The molecule has 0 aliphatic carbocycles. The number of hydrogen-bond acceptors (Lipinski definition) is 3. The molecule has 21 heavy (non-hydrogen) atoms. The molecule has 0 unspecified atom stereocenters. The first-order valence-electron chi connectivity index (χ1n) is 6.26. The average Bonchev–Trinajstić information content (AvgIpc) is 2.45. The minimum atomic E-state index is 0.208. The van der Waals surface area contributed by atoms with E-state index in [4.69, 9.17) is 9.84 Å². The summed E-state index contributed by atoms with van der Waals surface area (Å²) in [5.41, 5.74) is 1.19. The molecule has 2 rings (SSSR count). The molecule has 0 atom stereocenters. The summed E-state index contributed by atoms with van der Waals surface area (Å²) in [6, 6.07) is 9.66. The average molecular weight is 622 g/mol. The third kappa shape index (κ3) is 4.83. The van der Waals surface area contributed by atoms with Crippen LogP contribution < -0.4 is 4.74 Å². The summed E-state index contributed by atoms with van der Waals surface area (Å²) < 4.78 is 8.47. The first kappa shape index (κ1) is 17.5.